The van der Waals surface area contributed by atoms with E-state index in [0.29, 0.717) is 31.7 Å². The van der Waals surface area contributed by atoms with Crippen molar-refractivity contribution in [3.05, 3.63) is 0 Å². The molecule has 0 rings (SSSR count). The van der Waals surface area contributed by atoms with E-state index in [1.807, 2.05) is 0 Å². The molecule has 0 aliphatic heterocycles. The van der Waals surface area contributed by atoms with Gasteiger partial charge < -0.3 is 5.73 Å². The Hall–Kier alpha value is -0.420. The van der Waals surface area contributed by atoms with Crippen LogP contribution in [0, 0.1) is 11.8 Å². The number of carbonyl (C=O) groups is 1. The van der Waals surface area contributed by atoms with Gasteiger partial charge in [-0.3, -0.25) is 4.79 Å². The summed E-state index contributed by atoms with van der Waals surface area (Å²) >= 11 is 0. The van der Waals surface area contributed by atoms with E-state index >= 15 is 0 Å². The fraction of sp³-hybridized carbons (Fsp3) is 0.917. The van der Waals surface area contributed by atoms with E-state index in [1.165, 1.54) is 6.26 Å². The SMILES string of the molecule is CC(C)CC(CN)CC(=O)CCCS(C)(=O)=O. The van der Waals surface area contributed by atoms with E-state index in [-0.39, 0.29) is 17.5 Å². The minimum atomic E-state index is -2.95. The summed E-state index contributed by atoms with van der Waals surface area (Å²) in [5.74, 6) is 0.994. The molecule has 0 aliphatic carbocycles. The number of carbonyl (C=O) groups excluding carboxylic acids is 1. The van der Waals surface area contributed by atoms with Crippen LogP contribution in [0.3, 0.4) is 0 Å². The number of hydrogen-bond donors (Lipinski definition) is 1. The number of ketones is 1. The maximum atomic E-state index is 11.6. The van der Waals surface area contributed by atoms with Crippen molar-refractivity contribution in [2.45, 2.75) is 39.5 Å². The van der Waals surface area contributed by atoms with Crippen LogP contribution in [0.2, 0.25) is 0 Å². The van der Waals surface area contributed by atoms with Crippen LogP contribution in [0.1, 0.15) is 39.5 Å². The lowest BCUT2D eigenvalue weighted by Gasteiger charge is -2.15. The fourth-order valence-electron chi connectivity index (χ4n) is 1.89. The lowest BCUT2D eigenvalue weighted by molar-refractivity contribution is -0.120. The van der Waals surface area contributed by atoms with Crippen molar-refractivity contribution in [1.29, 1.82) is 0 Å². The first-order valence-electron chi connectivity index (χ1n) is 6.14. The van der Waals surface area contributed by atoms with Crippen molar-refractivity contribution in [1.82, 2.24) is 0 Å². The van der Waals surface area contributed by atoms with Crippen LogP contribution < -0.4 is 5.73 Å². The quantitative estimate of drug-likeness (QED) is 0.682. The normalized spacial score (nSPS) is 13.9. The van der Waals surface area contributed by atoms with Crippen molar-refractivity contribution in [2.24, 2.45) is 17.6 Å². The zero-order valence-corrected chi connectivity index (χ0v) is 11.9. The molecule has 0 aromatic rings. The first-order chi connectivity index (χ1) is 7.74. The van der Waals surface area contributed by atoms with Crippen molar-refractivity contribution < 1.29 is 13.2 Å². The molecule has 0 fully saturated rings. The van der Waals surface area contributed by atoms with Gasteiger partial charge in [-0.2, -0.15) is 0 Å². The molecule has 0 aromatic heterocycles. The summed E-state index contributed by atoms with van der Waals surface area (Å²) in [6.07, 6.45) is 3.41. The van der Waals surface area contributed by atoms with Gasteiger partial charge in [0.2, 0.25) is 0 Å². The third-order valence-electron chi connectivity index (χ3n) is 2.63. The molecule has 0 aliphatic rings. The Morgan fingerprint density at radius 3 is 2.29 bits per heavy atom. The summed E-state index contributed by atoms with van der Waals surface area (Å²) in [6.45, 7) is 4.74. The third-order valence-corrected chi connectivity index (χ3v) is 3.66. The minimum absolute atomic E-state index is 0.0935. The van der Waals surface area contributed by atoms with Crippen LogP contribution >= 0.6 is 0 Å². The van der Waals surface area contributed by atoms with Gasteiger partial charge in [0.05, 0.1) is 5.75 Å². The smallest absolute Gasteiger partial charge is 0.147 e. The average Bonchev–Trinajstić information content (AvgIpc) is 2.13. The molecule has 0 saturated carbocycles. The van der Waals surface area contributed by atoms with Crippen molar-refractivity contribution >= 4 is 15.6 Å². The predicted molar refractivity (Wildman–Crippen MR) is 70.6 cm³/mol. The highest BCUT2D eigenvalue weighted by atomic mass is 32.2. The number of Topliss-reactive ketones (excluding diaryl/α,β-unsaturated/α-hetero) is 1. The number of sulfone groups is 1. The molecule has 1 atom stereocenters. The third kappa shape index (κ3) is 10.5. The zero-order chi connectivity index (χ0) is 13.5. The van der Waals surface area contributed by atoms with Crippen LogP contribution in [0.4, 0.5) is 0 Å². The summed E-state index contributed by atoms with van der Waals surface area (Å²) in [6, 6.07) is 0. The molecule has 2 N–H and O–H groups in total. The highest BCUT2D eigenvalue weighted by Gasteiger charge is 2.14. The van der Waals surface area contributed by atoms with Gasteiger partial charge >= 0.3 is 0 Å². The lowest BCUT2D eigenvalue weighted by Crippen LogP contribution is -2.20. The number of rotatable bonds is 9. The molecule has 0 aromatic carbocycles. The molecule has 0 heterocycles. The largest absolute Gasteiger partial charge is 0.330 e. The standard InChI is InChI=1S/C12H25NO3S/c1-10(2)7-11(9-13)8-12(14)5-4-6-17(3,15)16/h10-11H,4-9,13H2,1-3H3. The highest BCUT2D eigenvalue weighted by molar-refractivity contribution is 7.90. The van der Waals surface area contributed by atoms with Gasteiger partial charge in [0.25, 0.3) is 0 Å². The molecule has 102 valence electrons. The Balaban J connectivity index is 3.91. The lowest BCUT2D eigenvalue weighted by atomic mass is 9.91. The van der Waals surface area contributed by atoms with Crippen LogP contribution in [0.25, 0.3) is 0 Å². The van der Waals surface area contributed by atoms with Gasteiger partial charge in [-0.05, 0) is 31.2 Å². The molecule has 17 heavy (non-hydrogen) atoms. The number of hydrogen-bond acceptors (Lipinski definition) is 4. The van der Waals surface area contributed by atoms with Crippen LogP contribution in [-0.2, 0) is 14.6 Å². The van der Waals surface area contributed by atoms with E-state index in [4.69, 9.17) is 5.73 Å². The van der Waals surface area contributed by atoms with Crippen LogP contribution in [-0.4, -0.2) is 32.8 Å². The molecule has 4 nitrogen and oxygen atoms in total. The fourth-order valence-corrected chi connectivity index (χ4v) is 2.55. The second-order valence-corrected chi connectivity index (χ2v) is 7.47. The minimum Gasteiger partial charge on any atom is -0.330 e. The molecule has 0 amide bonds. The molecule has 0 saturated heterocycles. The topological polar surface area (TPSA) is 77.2 Å². The summed E-state index contributed by atoms with van der Waals surface area (Å²) in [4.78, 5) is 11.6. The average molecular weight is 263 g/mol. The summed E-state index contributed by atoms with van der Waals surface area (Å²) in [5.41, 5.74) is 5.62. The van der Waals surface area contributed by atoms with Crippen LogP contribution in [0.15, 0.2) is 0 Å². The first-order valence-corrected chi connectivity index (χ1v) is 8.20. The Morgan fingerprint density at radius 1 is 1.29 bits per heavy atom. The van der Waals surface area contributed by atoms with Gasteiger partial charge in [-0.1, -0.05) is 13.8 Å². The van der Waals surface area contributed by atoms with Gasteiger partial charge in [-0.25, -0.2) is 8.42 Å². The van der Waals surface area contributed by atoms with Crippen LogP contribution in [0.5, 0.6) is 0 Å². The van der Waals surface area contributed by atoms with E-state index < -0.39 is 9.84 Å². The molecular formula is C12H25NO3S. The summed E-state index contributed by atoms with van der Waals surface area (Å²) < 4.78 is 21.8. The number of nitrogens with two attached hydrogens (primary N) is 1. The molecule has 0 bridgehead atoms. The highest BCUT2D eigenvalue weighted by Crippen LogP contribution is 2.15. The molecular weight excluding hydrogens is 238 g/mol. The Bertz CT molecular complexity index is 323. The second kappa shape index (κ2) is 7.82. The summed E-state index contributed by atoms with van der Waals surface area (Å²) in [5, 5.41) is 0. The Labute approximate surface area is 105 Å². The zero-order valence-electron chi connectivity index (χ0n) is 11.1. The van der Waals surface area contributed by atoms with Gasteiger partial charge in [-0.15, -0.1) is 0 Å². The maximum Gasteiger partial charge on any atom is 0.147 e. The van der Waals surface area contributed by atoms with E-state index in [2.05, 4.69) is 13.8 Å². The molecule has 0 radical (unpaired) electrons. The van der Waals surface area contributed by atoms with E-state index in [0.717, 1.165) is 6.42 Å². The summed E-state index contributed by atoms with van der Waals surface area (Å²) in [7, 11) is -2.95. The van der Waals surface area contributed by atoms with Crippen molar-refractivity contribution in [3.8, 4) is 0 Å². The van der Waals surface area contributed by atoms with Gasteiger partial charge in [0, 0.05) is 19.1 Å². The molecule has 0 spiro atoms. The van der Waals surface area contributed by atoms with Gasteiger partial charge in [0.15, 0.2) is 0 Å². The molecule has 5 heteroatoms. The predicted octanol–water partition coefficient (Wildman–Crippen LogP) is 1.39. The van der Waals surface area contributed by atoms with Crippen molar-refractivity contribution in [2.75, 3.05) is 18.6 Å². The van der Waals surface area contributed by atoms with Crippen molar-refractivity contribution in [3.63, 3.8) is 0 Å². The maximum absolute atomic E-state index is 11.6. The Morgan fingerprint density at radius 2 is 1.88 bits per heavy atom. The molecule has 1 unspecified atom stereocenters. The van der Waals surface area contributed by atoms with Gasteiger partial charge in [0.1, 0.15) is 15.6 Å². The monoisotopic (exact) mass is 263 g/mol. The Kier molecular flexibility index (Phi) is 7.63. The van der Waals surface area contributed by atoms with E-state index in [9.17, 15) is 13.2 Å². The second-order valence-electron chi connectivity index (χ2n) is 5.21. The van der Waals surface area contributed by atoms with E-state index in [1.54, 1.807) is 0 Å². The first kappa shape index (κ1) is 16.6.